The monoisotopic (exact) mass is 274 g/mol. The first-order valence-electron chi connectivity index (χ1n) is 5.39. The highest BCUT2D eigenvalue weighted by molar-refractivity contribution is 6.31. The van der Waals surface area contributed by atoms with Crippen molar-refractivity contribution in [2.24, 2.45) is 5.73 Å². The summed E-state index contributed by atoms with van der Waals surface area (Å²) in [6, 6.07) is 5.50. The summed E-state index contributed by atoms with van der Waals surface area (Å²) >= 11 is 5.90. The van der Waals surface area contributed by atoms with Crippen LogP contribution in [0.3, 0.4) is 0 Å². The Kier molecular flexibility index (Phi) is 4.80. The molecule has 17 heavy (non-hydrogen) atoms. The van der Waals surface area contributed by atoms with Crippen molar-refractivity contribution in [3.8, 4) is 0 Å². The van der Waals surface area contributed by atoms with Gasteiger partial charge in [-0.25, -0.2) is 0 Å². The van der Waals surface area contributed by atoms with Gasteiger partial charge >= 0.3 is 0 Å². The van der Waals surface area contributed by atoms with Gasteiger partial charge in [0, 0.05) is 29.7 Å². The van der Waals surface area contributed by atoms with Gasteiger partial charge in [0.2, 0.25) is 0 Å². The summed E-state index contributed by atoms with van der Waals surface area (Å²) in [5.41, 5.74) is 7.42. The zero-order valence-electron chi connectivity index (χ0n) is 9.65. The highest BCUT2D eigenvalue weighted by Gasteiger charge is 2.25. The Morgan fingerprint density at radius 1 is 1.53 bits per heavy atom. The number of benzene rings is 1. The van der Waals surface area contributed by atoms with Gasteiger partial charge in [-0.2, -0.15) is 0 Å². The maximum Gasteiger partial charge on any atom is 0.254 e. The van der Waals surface area contributed by atoms with Crippen LogP contribution in [0.25, 0.3) is 0 Å². The van der Waals surface area contributed by atoms with Crippen LogP contribution in [-0.2, 0) is 0 Å². The van der Waals surface area contributed by atoms with Crippen LogP contribution in [0.2, 0.25) is 5.02 Å². The molecule has 1 fully saturated rings. The predicted molar refractivity (Wildman–Crippen MR) is 71.9 cm³/mol. The molecule has 0 aliphatic carbocycles. The molecule has 1 amide bonds. The Morgan fingerprint density at radius 3 is 2.82 bits per heavy atom. The van der Waals surface area contributed by atoms with Gasteiger partial charge in [-0.3, -0.25) is 4.79 Å². The van der Waals surface area contributed by atoms with Crippen LogP contribution in [0, 0.1) is 6.92 Å². The van der Waals surface area contributed by atoms with E-state index in [4.69, 9.17) is 17.3 Å². The topological polar surface area (TPSA) is 46.3 Å². The number of amides is 1. The van der Waals surface area contributed by atoms with Crippen molar-refractivity contribution in [1.82, 2.24) is 4.90 Å². The third kappa shape index (κ3) is 3.12. The highest BCUT2D eigenvalue weighted by Crippen LogP contribution is 2.19. The van der Waals surface area contributed by atoms with Crippen molar-refractivity contribution >= 4 is 29.9 Å². The van der Waals surface area contributed by atoms with Gasteiger partial charge in [-0.05, 0) is 31.0 Å². The molecule has 1 aromatic carbocycles. The quantitative estimate of drug-likeness (QED) is 0.854. The molecule has 0 radical (unpaired) electrons. The number of carbonyl (C=O) groups is 1. The first-order valence-corrected chi connectivity index (χ1v) is 5.76. The van der Waals surface area contributed by atoms with Crippen molar-refractivity contribution in [2.75, 3.05) is 13.1 Å². The van der Waals surface area contributed by atoms with E-state index < -0.39 is 0 Å². The number of aryl methyl sites for hydroxylation is 1. The summed E-state index contributed by atoms with van der Waals surface area (Å²) in [5, 5.41) is 0.595. The zero-order chi connectivity index (χ0) is 11.7. The van der Waals surface area contributed by atoms with Crippen LogP contribution in [-0.4, -0.2) is 29.9 Å². The minimum atomic E-state index is 0. The molecular formula is C12H16Cl2N2O. The fourth-order valence-electron chi connectivity index (χ4n) is 1.97. The van der Waals surface area contributed by atoms with E-state index in [9.17, 15) is 4.79 Å². The summed E-state index contributed by atoms with van der Waals surface area (Å²) in [5.74, 6) is 0.0351. The van der Waals surface area contributed by atoms with Crippen LogP contribution < -0.4 is 5.73 Å². The molecule has 2 rings (SSSR count). The molecular weight excluding hydrogens is 259 g/mol. The van der Waals surface area contributed by atoms with Gasteiger partial charge in [0.15, 0.2) is 0 Å². The lowest BCUT2D eigenvalue weighted by Crippen LogP contribution is -2.32. The number of nitrogens with zero attached hydrogens (tertiary/aromatic N) is 1. The van der Waals surface area contributed by atoms with Crippen LogP contribution in [0.15, 0.2) is 18.2 Å². The Labute approximate surface area is 112 Å². The third-order valence-electron chi connectivity index (χ3n) is 2.94. The molecule has 5 heteroatoms. The van der Waals surface area contributed by atoms with E-state index in [1.54, 1.807) is 17.0 Å². The Bertz CT molecular complexity index is 423. The van der Waals surface area contributed by atoms with Gasteiger partial charge in [0.1, 0.15) is 0 Å². The minimum absolute atomic E-state index is 0. The number of hydrogen-bond acceptors (Lipinski definition) is 2. The Balaban J connectivity index is 0.00000144. The van der Waals surface area contributed by atoms with E-state index in [1.165, 1.54) is 0 Å². The Hall–Kier alpha value is -0.770. The molecule has 1 aromatic rings. The van der Waals surface area contributed by atoms with Gasteiger partial charge in [0.25, 0.3) is 5.91 Å². The molecule has 0 unspecified atom stereocenters. The smallest absolute Gasteiger partial charge is 0.254 e. The van der Waals surface area contributed by atoms with Crippen molar-refractivity contribution in [3.05, 3.63) is 34.3 Å². The Morgan fingerprint density at radius 2 is 2.24 bits per heavy atom. The first-order chi connectivity index (χ1) is 7.58. The minimum Gasteiger partial charge on any atom is -0.337 e. The SMILES string of the molecule is Cc1ccc(Cl)cc1C(=O)N1CC[C@H](N)C1.Cl. The summed E-state index contributed by atoms with van der Waals surface area (Å²) in [6.45, 7) is 3.30. The van der Waals surface area contributed by atoms with Crippen molar-refractivity contribution in [3.63, 3.8) is 0 Å². The second kappa shape index (κ2) is 5.71. The van der Waals surface area contributed by atoms with Crippen LogP contribution in [0.1, 0.15) is 22.3 Å². The van der Waals surface area contributed by atoms with Crippen LogP contribution in [0.5, 0.6) is 0 Å². The maximum absolute atomic E-state index is 12.2. The molecule has 3 nitrogen and oxygen atoms in total. The van der Waals surface area contributed by atoms with E-state index >= 15 is 0 Å². The average Bonchev–Trinajstić information content (AvgIpc) is 2.67. The van der Waals surface area contributed by atoms with E-state index in [-0.39, 0.29) is 24.4 Å². The van der Waals surface area contributed by atoms with E-state index in [0.29, 0.717) is 17.1 Å². The summed E-state index contributed by atoms with van der Waals surface area (Å²) in [6.07, 6.45) is 0.880. The first kappa shape index (κ1) is 14.3. The zero-order valence-corrected chi connectivity index (χ0v) is 11.2. The number of hydrogen-bond donors (Lipinski definition) is 1. The van der Waals surface area contributed by atoms with Gasteiger partial charge in [-0.1, -0.05) is 17.7 Å². The molecule has 1 heterocycles. The van der Waals surface area contributed by atoms with E-state index in [1.807, 2.05) is 13.0 Å². The predicted octanol–water partition coefficient (Wildman–Crippen LogP) is 2.24. The fraction of sp³-hybridized carbons (Fsp3) is 0.417. The van der Waals surface area contributed by atoms with Crippen LogP contribution >= 0.6 is 24.0 Å². The number of likely N-dealkylation sites (tertiary alicyclic amines) is 1. The molecule has 1 atom stereocenters. The number of halogens is 2. The molecule has 0 bridgehead atoms. The van der Waals surface area contributed by atoms with Crippen LogP contribution in [0.4, 0.5) is 0 Å². The molecule has 1 aliphatic rings. The molecule has 0 aromatic heterocycles. The summed E-state index contributed by atoms with van der Waals surface area (Å²) in [7, 11) is 0. The van der Waals surface area contributed by atoms with Gasteiger partial charge < -0.3 is 10.6 Å². The number of carbonyl (C=O) groups excluding carboxylic acids is 1. The molecule has 1 aliphatic heterocycles. The summed E-state index contributed by atoms with van der Waals surface area (Å²) < 4.78 is 0. The third-order valence-corrected chi connectivity index (χ3v) is 3.18. The lowest BCUT2D eigenvalue weighted by Gasteiger charge is -2.17. The van der Waals surface area contributed by atoms with Gasteiger partial charge in [-0.15, -0.1) is 12.4 Å². The van der Waals surface area contributed by atoms with E-state index in [0.717, 1.165) is 18.5 Å². The highest BCUT2D eigenvalue weighted by atomic mass is 35.5. The number of rotatable bonds is 1. The van der Waals surface area contributed by atoms with Crippen molar-refractivity contribution in [1.29, 1.82) is 0 Å². The molecule has 1 saturated heterocycles. The lowest BCUT2D eigenvalue weighted by atomic mass is 10.1. The summed E-state index contributed by atoms with van der Waals surface area (Å²) in [4.78, 5) is 14.0. The number of nitrogens with two attached hydrogens (primary N) is 1. The van der Waals surface area contributed by atoms with Crippen molar-refractivity contribution < 1.29 is 4.79 Å². The van der Waals surface area contributed by atoms with Crippen molar-refractivity contribution in [2.45, 2.75) is 19.4 Å². The molecule has 94 valence electrons. The standard InChI is InChI=1S/C12H15ClN2O.ClH/c1-8-2-3-9(13)6-11(8)12(16)15-5-4-10(14)7-15;/h2-3,6,10H,4-5,7,14H2,1H3;1H/t10-;/m0./s1. The molecule has 2 N–H and O–H groups in total. The second-order valence-electron chi connectivity index (χ2n) is 4.26. The maximum atomic E-state index is 12.2. The normalized spacial score (nSPS) is 19.0. The molecule has 0 saturated carbocycles. The fourth-order valence-corrected chi connectivity index (χ4v) is 2.14. The largest absolute Gasteiger partial charge is 0.337 e. The van der Waals surface area contributed by atoms with E-state index in [2.05, 4.69) is 0 Å². The molecule has 0 spiro atoms. The lowest BCUT2D eigenvalue weighted by molar-refractivity contribution is 0.0790. The van der Waals surface area contributed by atoms with Gasteiger partial charge in [0.05, 0.1) is 0 Å². The average molecular weight is 275 g/mol. The second-order valence-corrected chi connectivity index (χ2v) is 4.70.